The predicted octanol–water partition coefficient (Wildman–Crippen LogP) is 1.74. The molecule has 0 atom stereocenters. The third kappa shape index (κ3) is 2.45. The number of aryl methyl sites for hydroxylation is 1. The highest BCUT2D eigenvalue weighted by Crippen LogP contribution is 2.13. The number of rotatable bonds is 5. The Morgan fingerprint density at radius 2 is 2.11 bits per heavy atom. The average Bonchev–Trinajstić information content (AvgIpc) is 2.97. The normalized spacial score (nSPS) is 10.6. The monoisotopic (exact) mass is 246 g/mol. The minimum Gasteiger partial charge on any atom is -0.352 e. The number of hydrogen-bond acceptors (Lipinski definition) is 2. The Balaban J connectivity index is 2.21. The Kier molecular flexibility index (Phi) is 3.82. The number of nitrogens with one attached hydrogen (secondary N) is 1. The summed E-state index contributed by atoms with van der Waals surface area (Å²) in [5.41, 5.74) is 0.602. The van der Waals surface area contributed by atoms with Crippen LogP contribution in [0.5, 0.6) is 0 Å². The van der Waals surface area contributed by atoms with Crippen molar-refractivity contribution in [3.63, 3.8) is 0 Å². The van der Waals surface area contributed by atoms with Crippen LogP contribution in [0.3, 0.4) is 0 Å². The average molecular weight is 246 g/mol. The van der Waals surface area contributed by atoms with Crippen LogP contribution in [0.15, 0.2) is 30.7 Å². The topological polar surface area (TPSA) is 51.9 Å². The van der Waals surface area contributed by atoms with Gasteiger partial charge in [0.1, 0.15) is 11.4 Å². The molecule has 2 aromatic rings. The standard InChI is InChI=1S/C13H18N4O/c1-3-4-7-14-12(18)11-10-15-16(2)13(11)17-8-5-6-9-17/h5-6,8-10H,3-4,7H2,1-2H3,(H,14,18). The maximum Gasteiger partial charge on any atom is 0.256 e. The van der Waals surface area contributed by atoms with Gasteiger partial charge in [-0.25, -0.2) is 0 Å². The zero-order chi connectivity index (χ0) is 13.0. The molecule has 0 saturated heterocycles. The first-order valence-electron chi connectivity index (χ1n) is 6.17. The number of carbonyl (C=O) groups is 1. The molecule has 0 radical (unpaired) electrons. The molecule has 5 heteroatoms. The molecule has 0 aliphatic rings. The van der Waals surface area contributed by atoms with E-state index in [1.165, 1.54) is 0 Å². The van der Waals surface area contributed by atoms with Gasteiger partial charge < -0.3 is 9.88 Å². The lowest BCUT2D eigenvalue weighted by molar-refractivity contribution is 0.0953. The molecule has 0 unspecified atom stereocenters. The van der Waals surface area contributed by atoms with E-state index < -0.39 is 0 Å². The molecule has 5 nitrogen and oxygen atoms in total. The summed E-state index contributed by atoms with van der Waals surface area (Å²) in [5.74, 6) is 0.717. The van der Waals surface area contributed by atoms with Crippen molar-refractivity contribution in [2.45, 2.75) is 19.8 Å². The highest BCUT2D eigenvalue weighted by atomic mass is 16.1. The van der Waals surface area contributed by atoms with Crippen LogP contribution in [-0.2, 0) is 7.05 Å². The van der Waals surface area contributed by atoms with Gasteiger partial charge in [-0.2, -0.15) is 5.10 Å². The molecule has 96 valence electrons. The maximum atomic E-state index is 12.1. The summed E-state index contributed by atoms with van der Waals surface area (Å²) >= 11 is 0. The third-order valence-corrected chi connectivity index (χ3v) is 2.82. The number of nitrogens with zero attached hydrogens (tertiary/aromatic N) is 3. The molecule has 0 aromatic carbocycles. The molecular formula is C13H18N4O. The Morgan fingerprint density at radius 1 is 1.39 bits per heavy atom. The maximum absolute atomic E-state index is 12.1. The van der Waals surface area contributed by atoms with Gasteiger partial charge in [0.05, 0.1) is 6.20 Å². The van der Waals surface area contributed by atoms with E-state index in [4.69, 9.17) is 0 Å². The van der Waals surface area contributed by atoms with Crippen LogP contribution in [0, 0.1) is 0 Å². The lowest BCUT2D eigenvalue weighted by atomic mass is 10.3. The summed E-state index contributed by atoms with van der Waals surface area (Å²) in [5, 5.41) is 7.07. The first-order chi connectivity index (χ1) is 8.74. The zero-order valence-electron chi connectivity index (χ0n) is 10.8. The molecule has 0 aliphatic heterocycles. The fourth-order valence-electron chi connectivity index (χ4n) is 1.85. The zero-order valence-corrected chi connectivity index (χ0v) is 10.8. The van der Waals surface area contributed by atoms with Crippen molar-refractivity contribution in [1.29, 1.82) is 0 Å². The van der Waals surface area contributed by atoms with E-state index in [9.17, 15) is 4.79 Å². The van der Waals surface area contributed by atoms with Crippen LogP contribution in [-0.4, -0.2) is 26.8 Å². The third-order valence-electron chi connectivity index (χ3n) is 2.82. The van der Waals surface area contributed by atoms with Crippen molar-refractivity contribution < 1.29 is 4.79 Å². The van der Waals surface area contributed by atoms with Gasteiger partial charge in [-0.3, -0.25) is 9.48 Å². The van der Waals surface area contributed by atoms with Gasteiger partial charge in [0.15, 0.2) is 0 Å². The number of hydrogen-bond donors (Lipinski definition) is 1. The number of aromatic nitrogens is 3. The summed E-state index contributed by atoms with van der Waals surface area (Å²) in [6, 6.07) is 3.84. The molecule has 2 heterocycles. The quantitative estimate of drug-likeness (QED) is 0.817. The second-order valence-corrected chi connectivity index (χ2v) is 4.21. The van der Waals surface area contributed by atoms with Gasteiger partial charge in [0, 0.05) is 26.0 Å². The Bertz CT molecular complexity index is 513. The first kappa shape index (κ1) is 12.4. The van der Waals surface area contributed by atoms with Crippen LogP contribution >= 0.6 is 0 Å². The van der Waals surface area contributed by atoms with Crippen LogP contribution in [0.2, 0.25) is 0 Å². The number of amides is 1. The highest BCUT2D eigenvalue weighted by molar-refractivity contribution is 5.97. The van der Waals surface area contributed by atoms with Crippen molar-refractivity contribution in [3.05, 3.63) is 36.3 Å². The Hall–Kier alpha value is -2.04. The number of carbonyl (C=O) groups excluding carboxylic acids is 1. The molecule has 1 amide bonds. The summed E-state index contributed by atoms with van der Waals surface area (Å²) in [6.07, 6.45) is 7.47. The largest absolute Gasteiger partial charge is 0.352 e. The van der Waals surface area contributed by atoms with E-state index in [0.717, 1.165) is 18.7 Å². The smallest absolute Gasteiger partial charge is 0.256 e. The van der Waals surface area contributed by atoms with Crippen molar-refractivity contribution in [1.82, 2.24) is 19.7 Å². The molecule has 18 heavy (non-hydrogen) atoms. The lowest BCUT2D eigenvalue weighted by Gasteiger charge is -2.07. The fourth-order valence-corrected chi connectivity index (χ4v) is 1.85. The van der Waals surface area contributed by atoms with Crippen LogP contribution < -0.4 is 5.32 Å². The van der Waals surface area contributed by atoms with Gasteiger partial charge >= 0.3 is 0 Å². The highest BCUT2D eigenvalue weighted by Gasteiger charge is 2.16. The van der Waals surface area contributed by atoms with E-state index in [-0.39, 0.29) is 5.91 Å². The fraction of sp³-hybridized carbons (Fsp3) is 0.385. The van der Waals surface area contributed by atoms with Crippen molar-refractivity contribution >= 4 is 5.91 Å². The molecular weight excluding hydrogens is 228 g/mol. The van der Waals surface area contributed by atoms with Gasteiger partial charge in [-0.15, -0.1) is 0 Å². The SMILES string of the molecule is CCCCNC(=O)c1cnn(C)c1-n1cccc1. The van der Waals surface area contributed by atoms with Crippen molar-refractivity contribution in [3.8, 4) is 5.82 Å². The van der Waals surface area contributed by atoms with E-state index in [1.54, 1.807) is 10.9 Å². The molecule has 1 N–H and O–H groups in total. The lowest BCUT2D eigenvalue weighted by Crippen LogP contribution is -2.25. The van der Waals surface area contributed by atoms with Crippen molar-refractivity contribution in [2.24, 2.45) is 7.05 Å². The molecule has 2 rings (SSSR count). The molecule has 0 spiro atoms. The molecule has 0 fully saturated rings. The van der Waals surface area contributed by atoms with E-state index in [0.29, 0.717) is 12.1 Å². The molecule has 0 saturated carbocycles. The van der Waals surface area contributed by atoms with Gasteiger partial charge in [0.2, 0.25) is 0 Å². The van der Waals surface area contributed by atoms with Crippen LogP contribution in [0.25, 0.3) is 5.82 Å². The Labute approximate surface area is 106 Å². The molecule has 0 bridgehead atoms. The van der Waals surface area contributed by atoms with Gasteiger partial charge in [-0.05, 0) is 18.6 Å². The predicted molar refractivity (Wildman–Crippen MR) is 69.8 cm³/mol. The van der Waals surface area contributed by atoms with E-state index >= 15 is 0 Å². The van der Waals surface area contributed by atoms with E-state index in [1.807, 2.05) is 36.1 Å². The van der Waals surface area contributed by atoms with Gasteiger partial charge in [-0.1, -0.05) is 13.3 Å². The minimum atomic E-state index is -0.0692. The summed E-state index contributed by atoms with van der Waals surface area (Å²) in [4.78, 5) is 12.1. The summed E-state index contributed by atoms with van der Waals surface area (Å²) in [6.45, 7) is 2.80. The number of unbranched alkanes of at least 4 members (excludes halogenated alkanes) is 1. The Morgan fingerprint density at radius 3 is 2.78 bits per heavy atom. The van der Waals surface area contributed by atoms with Crippen LogP contribution in [0.1, 0.15) is 30.1 Å². The second-order valence-electron chi connectivity index (χ2n) is 4.21. The van der Waals surface area contributed by atoms with Crippen molar-refractivity contribution in [2.75, 3.05) is 6.54 Å². The summed E-state index contributed by atoms with van der Waals surface area (Å²) in [7, 11) is 1.83. The molecule has 2 aromatic heterocycles. The first-order valence-corrected chi connectivity index (χ1v) is 6.17. The minimum absolute atomic E-state index is 0.0692. The second kappa shape index (κ2) is 5.53. The van der Waals surface area contributed by atoms with E-state index in [2.05, 4.69) is 17.3 Å². The summed E-state index contributed by atoms with van der Waals surface area (Å²) < 4.78 is 3.59. The molecule has 0 aliphatic carbocycles. The van der Waals surface area contributed by atoms with Crippen LogP contribution in [0.4, 0.5) is 0 Å². The van der Waals surface area contributed by atoms with Gasteiger partial charge in [0.25, 0.3) is 5.91 Å².